The second-order valence-corrected chi connectivity index (χ2v) is 7.59. The van der Waals surface area contributed by atoms with Gasteiger partial charge >= 0.3 is 0 Å². The number of amides is 1. The number of likely N-dealkylation sites (tertiary alicyclic amines) is 1. The predicted octanol–water partition coefficient (Wildman–Crippen LogP) is 2.86. The number of aromatic amines is 1. The molecule has 1 aromatic carbocycles. The lowest BCUT2D eigenvalue weighted by Gasteiger charge is -2.44. The molecule has 1 aliphatic heterocycles. The molecule has 142 valence electrons. The molecule has 1 amide bonds. The Balaban J connectivity index is 1.51. The Morgan fingerprint density at radius 3 is 2.92 bits per heavy atom. The fraction of sp³-hybridized carbons (Fsp3) is 0.571. The van der Waals surface area contributed by atoms with E-state index in [1.54, 1.807) is 4.90 Å². The van der Waals surface area contributed by atoms with Crippen LogP contribution in [0, 0.1) is 5.41 Å². The minimum atomic E-state index is -0.640. The summed E-state index contributed by atoms with van der Waals surface area (Å²) < 4.78 is 0. The molecule has 1 aromatic heterocycles. The molecular weight excluding hydrogens is 328 g/mol. The average Bonchev–Trinajstić information content (AvgIpc) is 3.07. The molecule has 0 unspecified atom stereocenters. The fourth-order valence-corrected chi connectivity index (χ4v) is 4.22. The number of carbonyl (C=O) groups is 1. The van der Waals surface area contributed by atoms with Crippen LogP contribution in [0.1, 0.15) is 44.6 Å². The van der Waals surface area contributed by atoms with Gasteiger partial charge in [-0.15, -0.1) is 0 Å². The van der Waals surface area contributed by atoms with Crippen LogP contribution in [0.5, 0.6) is 0 Å². The van der Waals surface area contributed by atoms with Gasteiger partial charge in [-0.3, -0.25) is 4.79 Å². The average molecular weight is 358 g/mol. The number of hydrogen-bond acceptors (Lipinski definition) is 3. The molecule has 26 heavy (non-hydrogen) atoms. The molecule has 0 radical (unpaired) electrons. The third-order valence-corrected chi connectivity index (χ3v) is 5.91. The summed E-state index contributed by atoms with van der Waals surface area (Å²) in [6, 6.07) is 8.21. The van der Waals surface area contributed by atoms with Gasteiger partial charge in [-0.2, -0.15) is 0 Å². The SMILES string of the molecule is CCC[C@]1(CO)CCN(C(=O)CCCc2c[nH]c3ccccc23)C[C@H]1O. The number of fused-ring (bicyclic) bond motifs is 1. The summed E-state index contributed by atoms with van der Waals surface area (Å²) >= 11 is 0. The third-order valence-electron chi connectivity index (χ3n) is 5.91. The van der Waals surface area contributed by atoms with Crippen molar-refractivity contribution >= 4 is 16.8 Å². The van der Waals surface area contributed by atoms with Crippen LogP contribution in [0.25, 0.3) is 10.9 Å². The van der Waals surface area contributed by atoms with E-state index < -0.39 is 11.5 Å². The molecule has 1 aliphatic rings. The van der Waals surface area contributed by atoms with Gasteiger partial charge in [-0.05, 0) is 37.3 Å². The van der Waals surface area contributed by atoms with E-state index in [2.05, 4.69) is 24.0 Å². The first-order valence-corrected chi connectivity index (χ1v) is 9.71. The number of aliphatic hydroxyl groups is 2. The molecule has 1 fully saturated rings. The van der Waals surface area contributed by atoms with Crippen molar-refractivity contribution in [3.05, 3.63) is 36.0 Å². The molecule has 2 atom stereocenters. The van der Waals surface area contributed by atoms with Crippen LogP contribution in [0.4, 0.5) is 0 Å². The highest BCUT2D eigenvalue weighted by atomic mass is 16.3. The van der Waals surface area contributed by atoms with Crippen molar-refractivity contribution in [3.63, 3.8) is 0 Å². The molecule has 3 rings (SSSR count). The zero-order valence-corrected chi connectivity index (χ0v) is 15.6. The van der Waals surface area contributed by atoms with Crippen LogP contribution in [-0.2, 0) is 11.2 Å². The first kappa shape index (κ1) is 18.9. The summed E-state index contributed by atoms with van der Waals surface area (Å²) in [6.07, 6.45) is 5.94. The lowest BCUT2D eigenvalue weighted by molar-refractivity contribution is -0.142. The first-order chi connectivity index (χ1) is 12.6. The maximum Gasteiger partial charge on any atom is 0.222 e. The quantitative estimate of drug-likeness (QED) is 0.712. The van der Waals surface area contributed by atoms with Crippen molar-refractivity contribution in [3.8, 4) is 0 Å². The molecule has 0 aliphatic carbocycles. The standard InChI is InChI=1S/C21H30N2O3/c1-2-10-21(15-24)11-12-23(14-19(21)25)20(26)9-5-6-16-13-22-18-8-4-3-7-17(16)18/h3-4,7-8,13,19,22,24-25H,2,5-6,9-12,14-15H2,1H3/t19-,21-/m1/s1. The van der Waals surface area contributed by atoms with Crippen LogP contribution in [0.3, 0.4) is 0 Å². The summed E-state index contributed by atoms with van der Waals surface area (Å²) in [5, 5.41) is 21.5. The van der Waals surface area contributed by atoms with E-state index in [4.69, 9.17) is 0 Å². The first-order valence-electron chi connectivity index (χ1n) is 9.71. The van der Waals surface area contributed by atoms with Crippen molar-refractivity contribution in [1.82, 2.24) is 9.88 Å². The molecule has 5 heteroatoms. The Morgan fingerprint density at radius 1 is 1.38 bits per heavy atom. The predicted molar refractivity (Wildman–Crippen MR) is 103 cm³/mol. The number of aliphatic hydroxyl groups excluding tert-OH is 2. The van der Waals surface area contributed by atoms with E-state index in [1.165, 1.54) is 10.9 Å². The van der Waals surface area contributed by atoms with Crippen LogP contribution in [-0.4, -0.2) is 51.8 Å². The number of nitrogens with zero attached hydrogens (tertiary/aromatic N) is 1. The largest absolute Gasteiger partial charge is 0.396 e. The number of aromatic nitrogens is 1. The highest BCUT2D eigenvalue weighted by Crippen LogP contribution is 2.36. The van der Waals surface area contributed by atoms with Crippen LogP contribution >= 0.6 is 0 Å². The minimum Gasteiger partial charge on any atom is -0.396 e. The van der Waals surface area contributed by atoms with Gasteiger partial charge in [-0.1, -0.05) is 31.5 Å². The van der Waals surface area contributed by atoms with Gasteiger partial charge in [0.15, 0.2) is 0 Å². The number of nitrogens with one attached hydrogen (secondary N) is 1. The molecule has 1 saturated heterocycles. The molecule has 0 bridgehead atoms. The lowest BCUT2D eigenvalue weighted by Crippen LogP contribution is -2.54. The van der Waals surface area contributed by atoms with Gasteiger partial charge in [0.25, 0.3) is 0 Å². The van der Waals surface area contributed by atoms with E-state index >= 15 is 0 Å². The fourth-order valence-electron chi connectivity index (χ4n) is 4.22. The number of benzene rings is 1. The van der Waals surface area contributed by atoms with Gasteiger partial charge in [0.1, 0.15) is 0 Å². The maximum absolute atomic E-state index is 12.5. The molecule has 3 N–H and O–H groups in total. The number of rotatable bonds is 7. The highest BCUT2D eigenvalue weighted by molar-refractivity contribution is 5.83. The molecule has 5 nitrogen and oxygen atoms in total. The summed E-state index contributed by atoms with van der Waals surface area (Å²) in [7, 11) is 0. The van der Waals surface area contributed by atoms with E-state index in [0.29, 0.717) is 25.9 Å². The Morgan fingerprint density at radius 2 is 2.19 bits per heavy atom. The zero-order chi connectivity index (χ0) is 18.6. The number of β-amino-alcohol motifs (C(OH)–C–C–N with tert-alkyl or cyclic N) is 1. The Kier molecular flexibility index (Phi) is 5.99. The lowest BCUT2D eigenvalue weighted by atomic mass is 9.73. The van der Waals surface area contributed by atoms with E-state index in [1.807, 2.05) is 18.3 Å². The minimum absolute atomic E-state index is 0.00932. The number of aryl methyl sites for hydroxylation is 1. The van der Waals surface area contributed by atoms with Gasteiger partial charge in [0.05, 0.1) is 12.7 Å². The topological polar surface area (TPSA) is 76.6 Å². The Hall–Kier alpha value is -1.85. The molecule has 2 aromatic rings. The summed E-state index contributed by atoms with van der Waals surface area (Å²) in [5.41, 5.74) is 1.94. The number of H-pyrrole nitrogens is 1. The molecule has 0 spiro atoms. The summed E-state index contributed by atoms with van der Waals surface area (Å²) in [4.78, 5) is 17.6. The van der Waals surface area contributed by atoms with Crippen molar-refractivity contribution in [2.75, 3.05) is 19.7 Å². The van der Waals surface area contributed by atoms with Crippen molar-refractivity contribution in [1.29, 1.82) is 0 Å². The number of hydrogen-bond donors (Lipinski definition) is 3. The van der Waals surface area contributed by atoms with Crippen LogP contribution < -0.4 is 0 Å². The van der Waals surface area contributed by atoms with Gasteiger partial charge < -0.3 is 20.1 Å². The smallest absolute Gasteiger partial charge is 0.222 e. The van der Waals surface area contributed by atoms with Crippen LogP contribution in [0.2, 0.25) is 0 Å². The normalized spacial score (nSPS) is 23.5. The van der Waals surface area contributed by atoms with Crippen LogP contribution in [0.15, 0.2) is 30.5 Å². The van der Waals surface area contributed by atoms with Crippen molar-refractivity contribution in [2.24, 2.45) is 5.41 Å². The Labute approximate surface area is 155 Å². The maximum atomic E-state index is 12.5. The highest BCUT2D eigenvalue weighted by Gasteiger charge is 2.42. The van der Waals surface area contributed by atoms with Gasteiger partial charge in [0, 0.05) is 42.0 Å². The van der Waals surface area contributed by atoms with Gasteiger partial charge in [-0.25, -0.2) is 0 Å². The van der Waals surface area contributed by atoms with E-state index in [9.17, 15) is 15.0 Å². The van der Waals surface area contributed by atoms with E-state index in [0.717, 1.165) is 31.2 Å². The number of carbonyl (C=O) groups excluding carboxylic acids is 1. The summed E-state index contributed by atoms with van der Waals surface area (Å²) in [6.45, 7) is 3.02. The third kappa shape index (κ3) is 3.79. The second kappa shape index (κ2) is 8.23. The summed E-state index contributed by atoms with van der Waals surface area (Å²) in [5.74, 6) is 0.104. The zero-order valence-electron chi connectivity index (χ0n) is 15.6. The molecule has 2 heterocycles. The second-order valence-electron chi connectivity index (χ2n) is 7.59. The number of para-hydroxylation sites is 1. The number of piperidine rings is 1. The monoisotopic (exact) mass is 358 g/mol. The molecular formula is C21H30N2O3. The van der Waals surface area contributed by atoms with Gasteiger partial charge in [0.2, 0.25) is 5.91 Å². The Bertz CT molecular complexity index is 742. The van der Waals surface area contributed by atoms with Crippen molar-refractivity contribution < 1.29 is 15.0 Å². The van der Waals surface area contributed by atoms with Crippen molar-refractivity contribution in [2.45, 2.75) is 51.6 Å². The van der Waals surface area contributed by atoms with E-state index in [-0.39, 0.29) is 12.5 Å². The molecule has 0 saturated carbocycles.